The molecule has 0 aliphatic heterocycles. The third-order valence-corrected chi connectivity index (χ3v) is 6.01. The van der Waals surface area contributed by atoms with Crippen molar-refractivity contribution < 1.29 is 4.74 Å². The predicted octanol–water partition coefficient (Wildman–Crippen LogP) is 5.47. The summed E-state index contributed by atoms with van der Waals surface area (Å²) in [5.74, 6) is 1.74. The highest BCUT2D eigenvalue weighted by atomic mass is 32.1. The van der Waals surface area contributed by atoms with Gasteiger partial charge in [-0.1, -0.05) is 18.2 Å². The second-order valence-electron chi connectivity index (χ2n) is 5.80. The van der Waals surface area contributed by atoms with Gasteiger partial charge in [-0.2, -0.15) is 0 Å². The zero-order valence-electron chi connectivity index (χ0n) is 14.4. The number of rotatable bonds is 7. The number of aromatic nitrogens is 2. The molecule has 3 heterocycles. The average Bonchev–Trinajstić information content (AvgIpc) is 3.30. The highest BCUT2D eigenvalue weighted by Crippen LogP contribution is 2.30. The highest BCUT2D eigenvalue weighted by molar-refractivity contribution is 7.17. The van der Waals surface area contributed by atoms with Crippen molar-refractivity contribution >= 4 is 38.6 Å². The summed E-state index contributed by atoms with van der Waals surface area (Å²) in [7, 11) is 0. The van der Waals surface area contributed by atoms with Gasteiger partial charge < -0.3 is 10.1 Å². The van der Waals surface area contributed by atoms with E-state index < -0.39 is 0 Å². The summed E-state index contributed by atoms with van der Waals surface area (Å²) >= 11 is 3.44. The maximum absolute atomic E-state index is 5.53. The molecule has 3 aromatic heterocycles. The molecule has 0 bridgehead atoms. The smallest absolute Gasteiger partial charge is 0.130 e. The van der Waals surface area contributed by atoms with Crippen LogP contribution in [0.2, 0.25) is 0 Å². The molecule has 0 saturated carbocycles. The molecule has 132 valence electrons. The Labute approximate surface area is 160 Å². The summed E-state index contributed by atoms with van der Waals surface area (Å²) in [6, 6.07) is 12.6. The van der Waals surface area contributed by atoms with Crippen LogP contribution in [0.25, 0.3) is 20.7 Å². The van der Waals surface area contributed by atoms with Crippen molar-refractivity contribution in [1.29, 1.82) is 0 Å². The minimum atomic E-state index is 0.671. The number of ether oxygens (including phenoxy) is 1. The molecule has 0 radical (unpaired) electrons. The lowest BCUT2D eigenvalue weighted by Crippen LogP contribution is -2.06. The number of fused-ring (bicyclic) bond motifs is 1. The third kappa shape index (κ3) is 3.71. The standard InChI is InChI=1S/C20H19N3OS2/c1-2-24-15-9-19(26-12-15)17-10-20(23-13-22-17)21-8-7-14-11-25-18-6-4-3-5-16(14)18/h3-6,9-13H,2,7-8H2,1H3,(H,21,22,23). The summed E-state index contributed by atoms with van der Waals surface area (Å²) < 4.78 is 6.87. The summed E-state index contributed by atoms with van der Waals surface area (Å²) in [6.45, 7) is 3.50. The molecular formula is C20H19N3OS2. The number of benzene rings is 1. The van der Waals surface area contributed by atoms with Gasteiger partial charge in [-0.15, -0.1) is 22.7 Å². The van der Waals surface area contributed by atoms with Gasteiger partial charge in [-0.3, -0.25) is 0 Å². The minimum absolute atomic E-state index is 0.671. The number of anilines is 1. The molecule has 4 rings (SSSR count). The van der Waals surface area contributed by atoms with Crippen molar-refractivity contribution in [3.05, 3.63) is 59.0 Å². The molecule has 0 aliphatic rings. The predicted molar refractivity (Wildman–Crippen MR) is 111 cm³/mol. The van der Waals surface area contributed by atoms with E-state index in [0.29, 0.717) is 6.61 Å². The van der Waals surface area contributed by atoms with E-state index in [1.807, 2.05) is 24.4 Å². The summed E-state index contributed by atoms with van der Waals surface area (Å²) in [5, 5.41) is 9.03. The molecule has 4 nitrogen and oxygen atoms in total. The fourth-order valence-corrected chi connectivity index (χ4v) is 4.63. The number of nitrogens with one attached hydrogen (secondary N) is 1. The SMILES string of the molecule is CCOc1csc(-c2cc(NCCc3csc4ccccc34)ncn2)c1. The Morgan fingerprint density at radius 3 is 2.92 bits per heavy atom. The first-order valence-corrected chi connectivity index (χ1v) is 10.3. The van der Waals surface area contributed by atoms with Gasteiger partial charge in [0.2, 0.25) is 0 Å². The fraction of sp³-hybridized carbons (Fsp3) is 0.200. The molecular weight excluding hydrogens is 362 g/mol. The molecule has 0 amide bonds. The average molecular weight is 382 g/mol. The first-order valence-electron chi connectivity index (χ1n) is 8.56. The Balaban J connectivity index is 1.42. The van der Waals surface area contributed by atoms with E-state index >= 15 is 0 Å². The van der Waals surface area contributed by atoms with Crippen LogP contribution < -0.4 is 10.1 Å². The molecule has 0 saturated heterocycles. The quantitative estimate of drug-likeness (QED) is 0.461. The zero-order valence-corrected chi connectivity index (χ0v) is 16.1. The lowest BCUT2D eigenvalue weighted by Gasteiger charge is -2.06. The Bertz CT molecular complexity index is 1010. The van der Waals surface area contributed by atoms with Gasteiger partial charge >= 0.3 is 0 Å². The third-order valence-electron chi connectivity index (χ3n) is 4.07. The van der Waals surface area contributed by atoms with Gasteiger partial charge in [-0.05, 0) is 35.7 Å². The molecule has 26 heavy (non-hydrogen) atoms. The molecule has 4 aromatic rings. The molecule has 0 fully saturated rings. The van der Waals surface area contributed by atoms with Crippen LogP contribution in [0.15, 0.2) is 53.5 Å². The first-order chi connectivity index (χ1) is 12.8. The second-order valence-corrected chi connectivity index (χ2v) is 7.62. The van der Waals surface area contributed by atoms with Crippen LogP contribution in [0.1, 0.15) is 12.5 Å². The van der Waals surface area contributed by atoms with Crippen LogP contribution in [0.5, 0.6) is 5.75 Å². The van der Waals surface area contributed by atoms with Crippen LogP contribution >= 0.6 is 22.7 Å². The fourth-order valence-electron chi connectivity index (χ4n) is 2.84. The van der Waals surface area contributed by atoms with E-state index in [2.05, 4.69) is 44.9 Å². The van der Waals surface area contributed by atoms with Gasteiger partial charge in [0.25, 0.3) is 0 Å². The zero-order chi connectivity index (χ0) is 17.8. The summed E-state index contributed by atoms with van der Waals surface area (Å²) in [4.78, 5) is 9.82. The Kier molecular flexibility index (Phi) is 5.13. The van der Waals surface area contributed by atoms with Gasteiger partial charge in [-0.25, -0.2) is 9.97 Å². The molecule has 0 atom stereocenters. The monoisotopic (exact) mass is 381 g/mol. The van der Waals surface area contributed by atoms with Crippen molar-refractivity contribution in [2.75, 3.05) is 18.5 Å². The first kappa shape index (κ1) is 17.0. The second kappa shape index (κ2) is 7.85. The van der Waals surface area contributed by atoms with E-state index in [4.69, 9.17) is 4.74 Å². The lowest BCUT2D eigenvalue weighted by molar-refractivity contribution is 0.342. The Hall–Kier alpha value is -2.44. The lowest BCUT2D eigenvalue weighted by atomic mass is 10.1. The molecule has 1 aromatic carbocycles. The molecule has 1 N–H and O–H groups in total. The van der Waals surface area contributed by atoms with Crippen LogP contribution in [0.4, 0.5) is 5.82 Å². The number of thiophene rings is 2. The van der Waals surface area contributed by atoms with Gasteiger partial charge in [0, 0.05) is 28.8 Å². The molecule has 0 spiro atoms. The number of nitrogens with zero attached hydrogens (tertiary/aromatic N) is 2. The topological polar surface area (TPSA) is 47.0 Å². The van der Waals surface area contributed by atoms with Gasteiger partial charge in [0.15, 0.2) is 0 Å². The van der Waals surface area contributed by atoms with Crippen molar-refractivity contribution in [2.45, 2.75) is 13.3 Å². The van der Waals surface area contributed by atoms with Crippen LogP contribution in [-0.2, 0) is 6.42 Å². The van der Waals surface area contributed by atoms with Crippen LogP contribution in [0, 0.1) is 0 Å². The number of hydrogen-bond acceptors (Lipinski definition) is 6. The highest BCUT2D eigenvalue weighted by Gasteiger charge is 2.07. The van der Waals surface area contributed by atoms with Crippen molar-refractivity contribution in [3.8, 4) is 16.3 Å². The van der Waals surface area contributed by atoms with Crippen molar-refractivity contribution in [3.63, 3.8) is 0 Å². The maximum Gasteiger partial charge on any atom is 0.130 e. The van der Waals surface area contributed by atoms with Gasteiger partial charge in [0.05, 0.1) is 17.2 Å². The van der Waals surface area contributed by atoms with Crippen molar-refractivity contribution in [1.82, 2.24) is 9.97 Å². The summed E-state index contributed by atoms with van der Waals surface area (Å²) in [6.07, 6.45) is 2.58. The maximum atomic E-state index is 5.53. The van der Waals surface area contributed by atoms with E-state index in [1.165, 1.54) is 15.6 Å². The normalized spacial score (nSPS) is 11.0. The number of hydrogen-bond donors (Lipinski definition) is 1. The Morgan fingerprint density at radius 1 is 1.08 bits per heavy atom. The van der Waals surface area contributed by atoms with Crippen LogP contribution in [0.3, 0.4) is 0 Å². The van der Waals surface area contributed by atoms with E-state index in [1.54, 1.807) is 29.0 Å². The largest absolute Gasteiger partial charge is 0.493 e. The summed E-state index contributed by atoms with van der Waals surface area (Å²) in [5.41, 5.74) is 2.30. The van der Waals surface area contributed by atoms with Gasteiger partial charge in [0.1, 0.15) is 17.9 Å². The van der Waals surface area contributed by atoms with Crippen molar-refractivity contribution in [2.24, 2.45) is 0 Å². The van der Waals surface area contributed by atoms with E-state index in [9.17, 15) is 0 Å². The minimum Gasteiger partial charge on any atom is -0.493 e. The van der Waals surface area contributed by atoms with Crippen LogP contribution in [-0.4, -0.2) is 23.1 Å². The van der Waals surface area contributed by atoms with E-state index in [-0.39, 0.29) is 0 Å². The van der Waals surface area contributed by atoms with E-state index in [0.717, 1.165) is 35.1 Å². The molecule has 0 unspecified atom stereocenters. The molecule has 6 heteroatoms. The Morgan fingerprint density at radius 2 is 2.00 bits per heavy atom. The molecule has 0 aliphatic carbocycles.